The first-order valence-electron chi connectivity index (χ1n) is 5.72. The summed E-state index contributed by atoms with van der Waals surface area (Å²) in [6.07, 6.45) is 2.80. The Labute approximate surface area is 123 Å². The number of benzene rings is 1. The summed E-state index contributed by atoms with van der Waals surface area (Å²) in [6.45, 7) is 0. The zero-order valence-corrected chi connectivity index (χ0v) is 12.5. The van der Waals surface area contributed by atoms with Crippen molar-refractivity contribution in [2.75, 3.05) is 14.2 Å². The first-order chi connectivity index (χ1) is 9.58. The number of halogens is 1. The third-order valence-electron chi connectivity index (χ3n) is 2.79. The van der Waals surface area contributed by atoms with E-state index in [4.69, 9.17) is 4.74 Å². The van der Waals surface area contributed by atoms with Gasteiger partial charge in [0, 0.05) is 16.1 Å². The SMILES string of the molecule is COC(=O)/C=C(\C(=O)OC)n1ccc2c(Br)cccc21. The van der Waals surface area contributed by atoms with Crippen LogP contribution in [0.3, 0.4) is 0 Å². The van der Waals surface area contributed by atoms with Crippen LogP contribution in [0.4, 0.5) is 0 Å². The maximum Gasteiger partial charge on any atom is 0.355 e. The van der Waals surface area contributed by atoms with Gasteiger partial charge in [0.05, 0.1) is 25.8 Å². The van der Waals surface area contributed by atoms with Gasteiger partial charge in [0.1, 0.15) is 5.70 Å². The van der Waals surface area contributed by atoms with Crippen LogP contribution in [0.1, 0.15) is 0 Å². The Hall–Kier alpha value is -2.08. The van der Waals surface area contributed by atoms with Crippen molar-refractivity contribution < 1.29 is 19.1 Å². The molecule has 1 aromatic carbocycles. The summed E-state index contributed by atoms with van der Waals surface area (Å²) >= 11 is 3.44. The molecule has 5 nitrogen and oxygen atoms in total. The van der Waals surface area contributed by atoms with Gasteiger partial charge in [-0.05, 0) is 18.2 Å². The molecular formula is C14H12BrNO4. The van der Waals surface area contributed by atoms with Crippen LogP contribution in [0.5, 0.6) is 0 Å². The van der Waals surface area contributed by atoms with Crippen molar-refractivity contribution in [3.8, 4) is 0 Å². The number of aromatic nitrogens is 1. The molecule has 0 spiro atoms. The van der Waals surface area contributed by atoms with E-state index < -0.39 is 11.9 Å². The molecule has 0 saturated carbocycles. The fraction of sp³-hybridized carbons (Fsp3) is 0.143. The van der Waals surface area contributed by atoms with Crippen LogP contribution in [0.15, 0.2) is 41.0 Å². The zero-order chi connectivity index (χ0) is 14.7. The minimum atomic E-state index is -0.623. The minimum Gasteiger partial charge on any atom is -0.466 e. The van der Waals surface area contributed by atoms with Crippen molar-refractivity contribution in [2.45, 2.75) is 0 Å². The second-order valence-electron chi connectivity index (χ2n) is 3.90. The standard InChI is InChI=1S/C14H12BrNO4/c1-19-13(17)8-12(14(18)20-2)16-7-6-9-10(15)4-3-5-11(9)16/h3-8H,1-2H3/b12-8+. The van der Waals surface area contributed by atoms with E-state index in [1.807, 2.05) is 24.3 Å². The lowest BCUT2D eigenvalue weighted by molar-refractivity contribution is -0.137. The smallest absolute Gasteiger partial charge is 0.355 e. The molecular weight excluding hydrogens is 326 g/mol. The van der Waals surface area contributed by atoms with Crippen LogP contribution in [-0.2, 0) is 19.1 Å². The number of ether oxygens (including phenoxy) is 2. The Morgan fingerprint density at radius 2 is 1.95 bits per heavy atom. The zero-order valence-electron chi connectivity index (χ0n) is 10.9. The molecule has 0 radical (unpaired) electrons. The summed E-state index contributed by atoms with van der Waals surface area (Å²) in [4.78, 5) is 23.3. The summed E-state index contributed by atoms with van der Waals surface area (Å²) in [5.41, 5.74) is 0.868. The number of hydrogen-bond acceptors (Lipinski definition) is 4. The number of esters is 2. The maximum absolute atomic E-state index is 11.9. The topological polar surface area (TPSA) is 57.5 Å². The van der Waals surface area contributed by atoms with Crippen LogP contribution in [0.2, 0.25) is 0 Å². The Balaban J connectivity index is 2.63. The molecule has 0 aliphatic carbocycles. The molecule has 2 rings (SSSR count). The molecule has 1 heterocycles. The summed E-state index contributed by atoms with van der Waals surface area (Å²) in [7, 11) is 2.51. The number of hydrogen-bond donors (Lipinski definition) is 0. The van der Waals surface area contributed by atoms with Gasteiger partial charge in [0.25, 0.3) is 0 Å². The molecule has 104 valence electrons. The van der Waals surface area contributed by atoms with E-state index in [1.54, 1.807) is 10.8 Å². The molecule has 0 aliphatic rings. The van der Waals surface area contributed by atoms with E-state index >= 15 is 0 Å². The number of rotatable bonds is 3. The van der Waals surface area contributed by atoms with Crippen LogP contribution >= 0.6 is 15.9 Å². The molecule has 0 fully saturated rings. The molecule has 0 unspecified atom stereocenters. The Kier molecular flexibility index (Phi) is 4.24. The first kappa shape index (κ1) is 14.3. The third-order valence-corrected chi connectivity index (χ3v) is 3.48. The number of carbonyl (C=O) groups is 2. The van der Waals surface area contributed by atoms with E-state index in [0.29, 0.717) is 0 Å². The highest BCUT2D eigenvalue weighted by atomic mass is 79.9. The lowest BCUT2D eigenvalue weighted by Crippen LogP contribution is -2.12. The Bertz CT molecular complexity index is 702. The molecule has 1 aromatic heterocycles. The van der Waals surface area contributed by atoms with Crippen LogP contribution < -0.4 is 0 Å². The summed E-state index contributed by atoms with van der Waals surface area (Å²) in [5.74, 6) is -1.24. The second kappa shape index (κ2) is 5.92. The number of methoxy groups -OCH3 is 2. The van der Waals surface area contributed by atoms with Crippen LogP contribution in [-0.4, -0.2) is 30.7 Å². The first-order valence-corrected chi connectivity index (χ1v) is 6.51. The van der Waals surface area contributed by atoms with Crippen molar-refractivity contribution in [1.29, 1.82) is 0 Å². The predicted octanol–water partition coefficient (Wildman–Crippen LogP) is 2.59. The molecule has 6 heteroatoms. The van der Waals surface area contributed by atoms with Gasteiger partial charge in [-0.25, -0.2) is 9.59 Å². The van der Waals surface area contributed by atoms with Gasteiger partial charge in [0.2, 0.25) is 0 Å². The van der Waals surface area contributed by atoms with E-state index in [-0.39, 0.29) is 5.70 Å². The average Bonchev–Trinajstić information content (AvgIpc) is 2.89. The molecule has 20 heavy (non-hydrogen) atoms. The van der Waals surface area contributed by atoms with Crippen LogP contribution in [0, 0.1) is 0 Å². The second-order valence-corrected chi connectivity index (χ2v) is 4.76. The van der Waals surface area contributed by atoms with Crippen molar-refractivity contribution in [3.63, 3.8) is 0 Å². The van der Waals surface area contributed by atoms with Gasteiger partial charge < -0.3 is 14.0 Å². The Morgan fingerprint density at radius 3 is 2.60 bits per heavy atom. The summed E-state index contributed by atoms with van der Waals surface area (Å²) < 4.78 is 11.8. The quantitative estimate of drug-likeness (QED) is 0.638. The molecule has 0 saturated heterocycles. The molecule has 2 aromatic rings. The highest BCUT2D eigenvalue weighted by molar-refractivity contribution is 9.10. The molecule has 0 aliphatic heterocycles. The van der Waals surface area contributed by atoms with Gasteiger partial charge >= 0.3 is 11.9 Å². The number of fused-ring (bicyclic) bond motifs is 1. The van der Waals surface area contributed by atoms with E-state index in [0.717, 1.165) is 21.5 Å². The van der Waals surface area contributed by atoms with E-state index in [1.165, 1.54) is 14.2 Å². The fourth-order valence-electron chi connectivity index (χ4n) is 1.84. The number of carbonyl (C=O) groups excluding carboxylic acids is 2. The van der Waals surface area contributed by atoms with Gasteiger partial charge in [-0.3, -0.25) is 0 Å². The normalized spacial score (nSPS) is 11.4. The molecule has 0 bridgehead atoms. The molecule has 0 N–H and O–H groups in total. The van der Waals surface area contributed by atoms with Gasteiger partial charge in [-0.2, -0.15) is 0 Å². The monoisotopic (exact) mass is 337 g/mol. The molecule has 0 amide bonds. The average molecular weight is 338 g/mol. The lowest BCUT2D eigenvalue weighted by Gasteiger charge is -2.08. The van der Waals surface area contributed by atoms with Crippen molar-refractivity contribution in [2.24, 2.45) is 0 Å². The highest BCUT2D eigenvalue weighted by Gasteiger charge is 2.17. The van der Waals surface area contributed by atoms with Crippen molar-refractivity contribution in [3.05, 3.63) is 41.0 Å². The van der Waals surface area contributed by atoms with E-state index in [2.05, 4.69) is 20.7 Å². The van der Waals surface area contributed by atoms with Gasteiger partial charge in [0.15, 0.2) is 0 Å². The highest BCUT2D eigenvalue weighted by Crippen LogP contribution is 2.27. The number of nitrogens with zero attached hydrogens (tertiary/aromatic N) is 1. The minimum absolute atomic E-state index is 0.0902. The van der Waals surface area contributed by atoms with Crippen molar-refractivity contribution >= 4 is 44.5 Å². The van der Waals surface area contributed by atoms with Crippen molar-refractivity contribution in [1.82, 2.24) is 4.57 Å². The summed E-state index contributed by atoms with van der Waals surface area (Å²) in [5, 5.41) is 0.923. The third kappa shape index (κ3) is 2.60. The van der Waals surface area contributed by atoms with Gasteiger partial charge in [-0.1, -0.05) is 22.0 Å². The van der Waals surface area contributed by atoms with E-state index in [9.17, 15) is 9.59 Å². The molecule has 0 atom stereocenters. The fourth-order valence-corrected chi connectivity index (χ4v) is 2.33. The Morgan fingerprint density at radius 1 is 1.20 bits per heavy atom. The maximum atomic E-state index is 11.9. The summed E-state index contributed by atoms with van der Waals surface area (Å²) in [6, 6.07) is 7.42. The van der Waals surface area contributed by atoms with Gasteiger partial charge in [-0.15, -0.1) is 0 Å². The predicted molar refractivity (Wildman–Crippen MR) is 77.9 cm³/mol. The largest absolute Gasteiger partial charge is 0.466 e. The lowest BCUT2D eigenvalue weighted by atomic mass is 10.2. The van der Waals surface area contributed by atoms with Crippen LogP contribution in [0.25, 0.3) is 16.6 Å².